The van der Waals surface area contributed by atoms with Gasteiger partial charge in [-0.2, -0.15) is 5.48 Å². The molecule has 1 aromatic heterocycles. The number of hydroxylamine groups is 1. The Morgan fingerprint density at radius 2 is 2.12 bits per heavy atom. The first-order valence-corrected chi connectivity index (χ1v) is 14.2. The van der Waals surface area contributed by atoms with Crippen LogP contribution in [0.4, 0.5) is 8.78 Å². The van der Waals surface area contributed by atoms with Gasteiger partial charge in [0.2, 0.25) is 0 Å². The molecule has 3 N–H and O–H groups in total. The summed E-state index contributed by atoms with van der Waals surface area (Å²) < 4.78 is 34.4. The number of nitrogens with one attached hydrogen (secondary N) is 1. The Hall–Kier alpha value is -3.44. The maximum Gasteiger partial charge on any atom is 0.261 e. The summed E-state index contributed by atoms with van der Waals surface area (Å²) in [5.41, 5.74) is 2.85. The lowest BCUT2D eigenvalue weighted by Gasteiger charge is -2.26. The molecule has 0 spiro atoms. The van der Waals surface area contributed by atoms with Crippen molar-refractivity contribution in [1.82, 2.24) is 15.0 Å². The van der Waals surface area contributed by atoms with Gasteiger partial charge in [-0.3, -0.25) is 9.36 Å². The van der Waals surface area contributed by atoms with Gasteiger partial charge in [-0.25, -0.2) is 13.8 Å². The van der Waals surface area contributed by atoms with Crippen molar-refractivity contribution >= 4 is 12.2 Å². The lowest BCUT2D eigenvalue weighted by molar-refractivity contribution is -0.0465. The number of hydrogen-bond donors (Lipinski definition) is 3. The Labute approximate surface area is 245 Å². The largest absolute Gasteiger partial charge is 0.411 e. The zero-order chi connectivity index (χ0) is 30.5. The Morgan fingerprint density at radius 1 is 1.31 bits per heavy atom. The number of rotatable bonds is 16. The predicted octanol–water partition coefficient (Wildman–Crippen LogP) is 3.45. The second-order valence-electron chi connectivity index (χ2n) is 10.6. The van der Waals surface area contributed by atoms with Gasteiger partial charge in [0.15, 0.2) is 6.29 Å². The van der Waals surface area contributed by atoms with E-state index in [0.29, 0.717) is 54.3 Å². The highest BCUT2D eigenvalue weighted by Crippen LogP contribution is 2.30. The molecule has 0 radical (unpaired) electrons. The molecule has 1 atom stereocenters. The number of ether oxygens (including phenoxy) is 1. The van der Waals surface area contributed by atoms with E-state index in [1.165, 1.54) is 24.3 Å². The topological polar surface area (TPSA) is 106 Å². The summed E-state index contributed by atoms with van der Waals surface area (Å²) in [6.07, 6.45) is 11.8. The fraction of sp³-hybridized carbons (Fsp3) is 0.438. The van der Waals surface area contributed by atoms with Crippen LogP contribution in [-0.4, -0.2) is 39.7 Å². The molecule has 1 unspecified atom stereocenters. The molecule has 0 fully saturated rings. The molecule has 0 amide bonds. The molecule has 1 heterocycles. The van der Waals surface area contributed by atoms with Gasteiger partial charge in [-0.15, -0.1) is 0 Å². The van der Waals surface area contributed by atoms with Crippen molar-refractivity contribution in [3.8, 4) is 0 Å². The first-order valence-electron chi connectivity index (χ1n) is 14.2. The Bertz CT molecular complexity index is 1470. The second kappa shape index (κ2) is 16.3. The van der Waals surface area contributed by atoms with Crippen molar-refractivity contribution in [2.75, 3.05) is 13.7 Å². The summed E-state index contributed by atoms with van der Waals surface area (Å²) in [5.74, 6) is 0.426. The van der Waals surface area contributed by atoms with Crippen molar-refractivity contribution in [2.24, 2.45) is 5.41 Å². The standard InChI is InChI=1S/C32H41F2N3O5/c1-4-24(33)11-8-18-37-29(12-5-6-13-30(38)39)36-28-20-32(2,17-15-27(28)31(37)40)16-14-26(42-35-3)22-41-21-23-9-7-10-25(34)19-23/h4,7-11,14-15,19-20,30,35,38-39H,5-6,12-13,16-18,21-22H2,1-3H3/b11-8-,24-4+,26-14-. The molecular weight excluding hydrogens is 544 g/mol. The molecule has 228 valence electrons. The van der Waals surface area contributed by atoms with Crippen LogP contribution in [0.15, 0.2) is 65.0 Å². The van der Waals surface area contributed by atoms with Gasteiger partial charge in [-0.05, 0) is 74.3 Å². The molecule has 2 aromatic rings. The second-order valence-corrected chi connectivity index (χ2v) is 10.6. The maximum atomic E-state index is 13.6. The highest BCUT2D eigenvalue weighted by molar-refractivity contribution is 5.42. The average Bonchev–Trinajstić information content (AvgIpc) is 2.95. The Morgan fingerprint density at radius 3 is 2.83 bits per heavy atom. The van der Waals surface area contributed by atoms with Gasteiger partial charge in [0.05, 0.1) is 17.2 Å². The van der Waals surface area contributed by atoms with Crippen LogP contribution in [0, 0.1) is 11.2 Å². The van der Waals surface area contributed by atoms with Crippen LogP contribution < -0.4 is 21.6 Å². The van der Waals surface area contributed by atoms with Crippen molar-refractivity contribution < 1.29 is 28.6 Å². The first kappa shape index (κ1) is 33.1. The van der Waals surface area contributed by atoms with Crippen LogP contribution >= 0.6 is 0 Å². The Kier molecular flexibility index (Phi) is 12.8. The summed E-state index contributed by atoms with van der Waals surface area (Å²) in [5, 5.41) is 19.5. The molecule has 1 aliphatic carbocycles. The molecule has 0 saturated carbocycles. The average molecular weight is 586 g/mol. The number of halogens is 2. The third-order valence-corrected chi connectivity index (χ3v) is 6.96. The molecule has 0 bridgehead atoms. The van der Waals surface area contributed by atoms with Crippen LogP contribution in [0.3, 0.4) is 0 Å². The number of benzene rings is 1. The molecule has 1 aromatic carbocycles. The van der Waals surface area contributed by atoms with E-state index >= 15 is 0 Å². The van der Waals surface area contributed by atoms with Gasteiger partial charge in [0.25, 0.3) is 5.56 Å². The normalized spacial score (nSPS) is 17.3. The highest BCUT2D eigenvalue weighted by atomic mass is 19.1. The number of unbranched alkanes of at least 4 members (excludes halogenated alkanes) is 1. The van der Waals surface area contributed by atoms with E-state index in [1.807, 2.05) is 18.2 Å². The summed E-state index contributed by atoms with van der Waals surface area (Å²) in [4.78, 5) is 23.9. The van der Waals surface area contributed by atoms with E-state index in [-0.39, 0.29) is 43.0 Å². The predicted molar refractivity (Wildman–Crippen MR) is 158 cm³/mol. The van der Waals surface area contributed by atoms with Gasteiger partial charge in [-0.1, -0.05) is 43.4 Å². The summed E-state index contributed by atoms with van der Waals surface area (Å²) in [7, 11) is 1.65. The summed E-state index contributed by atoms with van der Waals surface area (Å²) in [6, 6.07) is 6.24. The fourth-order valence-corrected chi connectivity index (χ4v) is 4.66. The molecule has 42 heavy (non-hydrogen) atoms. The maximum absolute atomic E-state index is 13.6. The third kappa shape index (κ3) is 10.1. The molecule has 1 aliphatic rings. The number of aliphatic hydroxyl groups excluding tert-OH is 1. The SMILES string of the molecule is C/C=C(F)\C=C/Cn1c(CCCCC(O)O)nc2c(c1=O)=CCC(C)(C/C=C(/COCc1cccc(F)c1)ONC)C=2. The molecular formula is C32H41F2N3O5. The number of nitrogens with zero attached hydrogens (tertiary/aromatic N) is 2. The van der Waals surface area contributed by atoms with Gasteiger partial charge >= 0.3 is 0 Å². The number of aliphatic hydroxyl groups is 2. The number of aryl methyl sites for hydroxylation is 1. The van der Waals surface area contributed by atoms with E-state index in [1.54, 1.807) is 36.7 Å². The van der Waals surface area contributed by atoms with E-state index in [2.05, 4.69) is 12.4 Å². The van der Waals surface area contributed by atoms with Gasteiger partial charge in [0, 0.05) is 20.0 Å². The van der Waals surface area contributed by atoms with Crippen LogP contribution in [0.25, 0.3) is 12.2 Å². The minimum absolute atomic E-state index is 0.173. The van der Waals surface area contributed by atoms with Crippen LogP contribution in [-0.2, 0) is 29.1 Å². The third-order valence-electron chi connectivity index (χ3n) is 6.96. The summed E-state index contributed by atoms with van der Waals surface area (Å²) >= 11 is 0. The van der Waals surface area contributed by atoms with E-state index < -0.39 is 12.1 Å². The smallest absolute Gasteiger partial charge is 0.261 e. The first-order chi connectivity index (χ1) is 20.1. The van der Waals surface area contributed by atoms with Crippen LogP contribution in [0.5, 0.6) is 0 Å². The van der Waals surface area contributed by atoms with E-state index in [9.17, 15) is 23.8 Å². The number of hydrogen-bond acceptors (Lipinski definition) is 7. The molecule has 10 heteroatoms. The van der Waals surface area contributed by atoms with E-state index in [4.69, 9.17) is 14.6 Å². The van der Waals surface area contributed by atoms with Crippen molar-refractivity contribution in [3.05, 3.63) is 98.3 Å². The quantitative estimate of drug-likeness (QED) is 0.0911. The van der Waals surface area contributed by atoms with E-state index in [0.717, 1.165) is 5.56 Å². The minimum Gasteiger partial charge on any atom is -0.411 e. The minimum atomic E-state index is -1.38. The van der Waals surface area contributed by atoms with Crippen molar-refractivity contribution in [3.63, 3.8) is 0 Å². The van der Waals surface area contributed by atoms with Gasteiger partial charge in [0.1, 0.15) is 29.8 Å². The lowest BCUT2D eigenvalue weighted by atomic mass is 9.80. The van der Waals surface area contributed by atoms with Crippen molar-refractivity contribution in [2.45, 2.75) is 71.8 Å². The van der Waals surface area contributed by atoms with Gasteiger partial charge < -0.3 is 19.8 Å². The summed E-state index contributed by atoms with van der Waals surface area (Å²) in [6.45, 7) is 4.26. The molecule has 0 aliphatic heterocycles. The van der Waals surface area contributed by atoms with Crippen molar-refractivity contribution in [1.29, 1.82) is 0 Å². The Balaban J connectivity index is 1.83. The molecule has 3 rings (SSSR count). The highest BCUT2D eigenvalue weighted by Gasteiger charge is 2.24. The zero-order valence-corrected chi connectivity index (χ0v) is 24.5. The zero-order valence-electron chi connectivity index (χ0n) is 24.5. The number of aromatic nitrogens is 2. The number of fused-ring (bicyclic) bond motifs is 1. The monoisotopic (exact) mass is 585 g/mol. The fourth-order valence-electron chi connectivity index (χ4n) is 4.66. The molecule has 8 nitrogen and oxygen atoms in total. The molecule has 0 saturated heterocycles. The number of allylic oxidation sites excluding steroid dienone is 5. The van der Waals surface area contributed by atoms with Crippen LogP contribution in [0.1, 0.15) is 57.3 Å². The lowest BCUT2D eigenvalue weighted by Crippen LogP contribution is -2.50. The van der Waals surface area contributed by atoms with Crippen LogP contribution in [0.2, 0.25) is 0 Å².